The molecule has 0 aliphatic heterocycles. The second-order valence-corrected chi connectivity index (χ2v) is 4.23. The lowest BCUT2D eigenvalue weighted by molar-refractivity contribution is -0.122. The number of hydrogen-bond acceptors (Lipinski definition) is 4. The van der Waals surface area contributed by atoms with Crippen molar-refractivity contribution in [3.05, 3.63) is 71.8 Å². The predicted octanol–water partition coefficient (Wildman–Crippen LogP) is 3.46. The van der Waals surface area contributed by atoms with E-state index in [9.17, 15) is 4.79 Å². The van der Waals surface area contributed by atoms with Gasteiger partial charge in [0.05, 0.1) is 0 Å². The lowest BCUT2D eigenvalue weighted by atomic mass is 10.1. The van der Waals surface area contributed by atoms with E-state index >= 15 is 0 Å². The number of hydrogen-bond donors (Lipinski definition) is 3. The number of Topliss-reactive ketones (excluding diaryl/α,β-unsaturated/α-hetero) is 1. The number of carboxylic acid groups (broad SMARTS) is 1. The van der Waals surface area contributed by atoms with Gasteiger partial charge in [0.2, 0.25) is 0 Å². The second kappa shape index (κ2) is 13.5. The van der Waals surface area contributed by atoms with Crippen LogP contribution in [0.4, 0.5) is 0 Å². The van der Waals surface area contributed by atoms with Crippen LogP contribution in [0.5, 0.6) is 0 Å². The minimum absolute atomic E-state index is 0. The summed E-state index contributed by atoms with van der Waals surface area (Å²) in [5, 5.41) is 6.89. The molecule has 0 aliphatic rings. The molecule has 0 bridgehead atoms. The van der Waals surface area contributed by atoms with E-state index in [4.69, 9.17) is 15.6 Å². The van der Waals surface area contributed by atoms with Gasteiger partial charge in [-0.05, 0) is 19.4 Å². The number of ketones is 1. The summed E-state index contributed by atoms with van der Waals surface area (Å²) in [5.41, 5.74) is 7.58. The van der Waals surface area contributed by atoms with E-state index in [0.717, 1.165) is 5.56 Å². The van der Waals surface area contributed by atoms with Gasteiger partial charge in [0.1, 0.15) is 0 Å². The topological polar surface area (TPSA) is 115 Å². The van der Waals surface area contributed by atoms with E-state index in [1.54, 1.807) is 6.92 Å². The van der Waals surface area contributed by atoms with Crippen molar-refractivity contribution in [3.8, 4) is 0 Å². The normalized spacial score (nSPS) is 9.59. The maximum Gasteiger partial charge on any atom is 0.290 e. The first kappa shape index (κ1) is 21.8. The smallest absolute Gasteiger partial charge is 0.290 e. The van der Waals surface area contributed by atoms with Crippen LogP contribution in [0.25, 0.3) is 0 Å². The van der Waals surface area contributed by atoms with Crippen LogP contribution < -0.4 is 11.9 Å². The lowest BCUT2D eigenvalue weighted by Crippen LogP contribution is -2.03. The Labute approximate surface area is 131 Å². The van der Waals surface area contributed by atoms with Crippen molar-refractivity contribution in [1.82, 2.24) is 6.15 Å². The number of carbonyl (C=O) groups is 2. The largest absolute Gasteiger partial charge is 0.483 e. The summed E-state index contributed by atoms with van der Waals surface area (Å²) < 4.78 is 0. The van der Waals surface area contributed by atoms with Crippen LogP contribution in [-0.4, -0.2) is 17.4 Å². The molecule has 0 saturated heterocycles. The van der Waals surface area contributed by atoms with Crippen LogP contribution >= 0.6 is 0 Å². The first-order chi connectivity index (χ1) is 10.0. The molecule has 0 unspecified atom stereocenters. The standard InChI is InChI=1S/C8H11N.C8H8O.CH2O2.H3N/c2*1-7(9)8-5-3-2-4-6-8;2-1-3;/h2-7H,9H2,1H3;2-6H,1H3;1H,(H,2,3);1H3/t7-;;;/m1.../s1. The van der Waals surface area contributed by atoms with Gasteiger partial charge in [0, 0.05) is 11.6 Å². The summed E-state index contributed by atoms with van der Waals surface area (Å²) in [6.07, 6.45) is 0. The fourth-order valence-corrected chi connectivity index (χ4v) is 1.43. The zero-order valence-corrected chi connectivity index (χ0v) is 13.0. The number of nitrogens with two attached hydrogens (primary N) is 1. The molecular formula is C17H24N2O3. The van der Waals surface area contributed by atoms with Crippen LogP contribution in [0.1, 0.15) is 35.8 Å². The molecule has 0 saturated carbocycles. The average Bonchev–Trinajstić information content (AvgIpc) is 2.50. The van der Waals surface area contributed by atoms with E-state index in [2.05, 4.69) is 0 Å². The van der Waals surface area contributed by atoms with Crippen molar-refractivity contribution in [3.63, 3.8) is 0 Å². The Morgan fingerprint density at radius 3 is 1.64 bits per heavy atom. The summed E-state index contributed by atoms with van der Waals surface area (Å²) >= 11 is 0. The Morgan fingerprint density at radius 2 is 1.41 bits per heavy atom. The van der Waals surface area contributed by atoms with E-state index in [-0.39, 0.29) is 24.4 Å². The molecule has 0 aromatic heterocycles. The maximum atomic E-state index is 10.6. The van der Waals surface area contributed by atoms with Gasteiger partial charge in [0.15, 0.2) is 5.78 Å². The Hall–Kier alpha value is -2.50. The molecule has 120 valence electrons. The summed E-state index contributed by atoms with van der Waals surface area (Å²) in [5.74, 6) is 0.121. The van der Waals surface area contributed by atoms with Gasteiger partial charge in [-0.3, -0.25) is 9.59 Å². The van der Waals surface area contributed by atoms with Gasteiger partial charge >= 0.3 is 0 Å². The summed E-state index contributed by atoms with van der Waals surface area (Å²) in [6, 6.07) is 19.4. The highest BCUT2D eigenvalue weighted by Gasteiger charge is 1.93. The molecule has 22 heavy (non-hydrogen) atoms. The van der Waals surface area contributed by atoms with Crippen molar-refractivity contribution in [2.75, 3.05) is 0 Å². The highest BCUT2D eigenvalue weighted by molar-refractivity contribution is 5.93. The fraction of sp³-hybridized carbons (Fsp3) is 0.176. The van der Waals surface area contributed by atoms with Gasteiger partial charge in [-0.2, -0.15) is 0 Å². The quantitative estimate of drug-likeness (QED) is 0.580. The van der Waals surface area contributed by atoms with Crippen LogP contribution in [0.3, 0.4) is 0 Å². The molecule has 5 nitrogen and oxygen atoms in total. The Morgan fingerprint density at radius 1 is 1.05 bits per heavy atom. The third-order valence-corrected chi connectivity index (χ3v) is 2.51. The SMILES string of the molecule is CC(=O)c1ccccc1.C[C@@H](N)c1ccccc1.N.O=CO. The summed E-state index contributed by atoms with van der Waals surface area (Å²) in [4.78, 5) is 19.0. The molecular weight excluding hydrogens is 280 g/mol. The van der Waals surface area contributed by atoms with Crippen molar-refractivity contribution < 1.29 is 14.7 Å². The van der Waals surface area contributed by atoms with Crippen LogP contribution in [0, 0.1) is 0 Å². The second-order valence-electron chi connectivity index (χ2n) is 4.23. The molecule has 2 rings (SSSR count). The zero-order valence-electron chi connectivity index (χ0n) is 13.0. The van der Waals surface area contributed by atoms with E-state index in [1.807, 2.05) is 67.6 Å². The third-order valence-electron chi connectivity index (χ3n) is 2.51. The van der Waals surface area contributed by atoms with E-state index in [1.165, 1.54) is 5.56 Å². The van der Waals surface area contributed by atoms with Gasteiger partial charge in [-0.25, -0.2) is 0 Å². The monoisotopic (exact) mass is 304 g/mol. The Bertz CT molecular complexity index is 514. The van der Waals surface area contributed by atoms with Crippen molar-refractivity contribution >= 4 is 12.3 Å². The Kier molecular flexibility index (Phi) is 13.4. The molecule has 1 atom stereocenters. The van der Waals surface area contributed by atoms with Gasteiger partial charge < -0.3 is 17.0 Å². The highest BCUT2D eigenvalue weighted by atomic mass is 16.3. The molecule has 0 heterocycles. The molecule has 0 radical (unpaired) electrons. The molecule has 0 amide bonds. The lowest BCUT2D eigenvalue weighted by Gasteiger charge is -2.02. The van der Waals surface area contributed by atoms with Crippen molar-refractivity contribution in [2.24, 2.45) is 5.73 Å². The fourth-order valence-electron chi connectivity index (χ4n) is 1.43. The van der Waals surface area contributed by atoms with Crippen molar-refractivity contribution in [2.45, 2.75) is 19.9 Å². The van der Waals surface area contributed by atoms with E-state index in [0.29, 0.717) is 0 Å². The highest BCUT2D eigenvalue weighted by Crippen LogP contribution is 2.06. The Balaban J connectivity index is 0. The number of benzene rings is 2. The first-order valence-electron chi connectivity index (χ1n) is 6.47. The van der Waals surface area contributed by atoms with Gasteiger partial charge in [0.25, 0.3) is 6.47 Å². The van der Waals surface area contributed by atoms with Gasteiger partial charge in [-0.15, -0.1) is 0 Å². The number of carbonyl (C=O) groups excluding carboxylic acids is 1. The molecule has 2 aromatic rings. The summed E-state index contributed by atoms with van der Waals surface area (Å²) in [6.45, 7) is 3.30. The number of rotatable bonds is 2. The third kappa shape index (κ3) is 10.3. The molecule has 5 heteroatoms. The maximum absolute atomic E-state index is 10.6. The molecule has 6 N–H and O–H groups in total. The molecule has 0 aliphatic carbocycles. The molecule has 0 fully saturated rings. The molecule has 0 spiro atoms. The first-order valence-corrected chi connectivity index (χ1v) is 6.47. The van der Waals surface area contributed by atoms with Gasteiger partial charge in [-0.1, -0.05) is 60.7 Å². The zero-order chi connectivity index (χ0) is 16.1. The van der Waals surface area contributed by atoms with Crippen LogP contribution in [0.2, 0.25) is 0 Å². The van der Waals surface area contributed by atoms with Crippen LogP contribution in [-0.2, 0) is 4.79 Å². The average molecular weight is 304 g/mol. The minimum atomic E-state index is -0.250. The molecule has 2 aromatic carbocycles. The predicted molar refractivity (Wildman–Crippen MR) is 89.2 cm³/mol. The van der Waals surface area contributed by atoms with E-state index < -0.39 is 0 Å². The van der Waals surface area contributed by atoms with Crippen molar-refractivity contribution in [1.29, 1.82) is 0 Å². The summed E-state index contributed by atoms with van der Waals surface area (Å²) in [7, 11) is 0. The minimum Gasteiger partial charge on any atom is -0.483 e. The van der Waals surface area contributed by atoms with Crippen LogP contribution in [0.15, 0.2) is 60.7 Å².